The van der Waals surface area contributed by atoms with Gasteiger partial charge in [0.2, 0.25) is 12.3 Å². The lowest BCUT2D eigenvalue weighted by Gasteiger charge is -2.10. The number of hydrogen-bond donors (Lipinski definition) is 3. The Balaban J connectivity index is 0.000000221. The molecule has 3 aromatic rings. The van der Waals surface area contributed by atoms with E-state index in [2.05, 4.69) is 21.0 Å². The van der Waals surface area contributed by atoms with Crippen molar-refractivity contribution in [3.63, 3.8) is 0 Å². The third-order valence-electron chi connectivity index (χ3n) is 5.52. The number of nitrogens with one attached hydrogen (secondary N) is 3. The maximum atomic E-state index is 10.6. The number of halogens is 2. The molecule has 11 heteroatoms. The molecule has 0 radical (unpaired) electrons. The third-order valence-corrected chi connectivity index (χ3v) is 6.25. The summed E-state index contributed by atoms with van der Waals surface area (Å²) in [5.74, 6) is 1.11. The summed E-state index contributed by atoms with van der Waals surface area (Å²) in [6.07, 6.45) is 2.53. The molecule has 4 rings (SSSR count). The lowest BCUT2D eigenvalue weighted by molar-refractivity contribution is -0.105. The SMILES string of the molecule is C1COCCN1.CNc1cc(Cl)c(Cl)cc1CCCOC.COc1nn(-c2ccccc2)c(NC=O)c1C. The number of amides is 1. The Hall–Kier alpha value is -2.82. The van der Waals surface area contributed by atoms with E-state index in [0.29, 0.717) is 28.2 Å². The van der Waals surface area contributed by atoms with Crippen LogP contribution in [0.5, 0.6) is 5.88 Å². The van der Waals surface area contributed by atoms with Gasteiger partial charge in [0.05, 0.1) is 41.6 Å². The predicted molar refractivity (Wildman–Crippen MR) is 154 cm³/mol. The third kappa shape index (κ3) is 9.81. The Morgan fingerprint density at radius 3 is 2.34 bits per heavy atom. The first kappa shape index (κ1) is 31.4. The monoisotopic (exact) mass is 565 g/mol. The van der Waals surface area contributed by atoms with Crippen molar-refractivity contribution in [2.45, 2.75) is 19.8 Å². The Labute approximate surface area is 234 Å². The fourth-order valence-corrected chi connectivity index (χ4v) is 3.95. The second-order valence-corrected chi connectivity index (χ2v) is 8.94. The van der Waals surface area contributed by atoms with Gasteiger partial charge in [0, 0.05) is 39.5 Å². The molecule has 0 spiro atoms. The summed E-state index contributed by atoms with van der Waals surface area (Å²) in [7, 11) is 5.13. The number of aromatic nitrogens is 2. The van der Waals surface area contributed by atoms with Crippen LogP contribution in [0.1, 0.15) is 17.5 Å². The van der Waals surface area contributed by atoms with Gasteiger partial charge >= 0.3 is 0 Å². The molecule has 2 aromatic carbocycles. The first-order chi connectivity index (χ1) is 18.5. The molecule has 1 aromatic heterocycles. The van der Waals surface area contributed by atoms with Gasteiger partial charge in [-0.05, 0) is 49.6 Å². The number of anilines is 2. The van der Waals surface area contributed by atoms with Crippen molar-refractivity contribution in [3.05, 3.63) is 63.6 Å². The molecule has 38 heavy (non-hydrogen) atoms. The molecule has 208 valence electrons. The minimum absolute atomic E-state index is 0.498. The van der Waals surface area contributed by atoms with Crippen LogP contribution in [-0.4, -0.2) is 70.4 Å². The number of carbonyl (C=O) groups excluding carboxylic acids is 1. The highest BCUT2D eigenvalue weighted by atomic mass is 35.5. The van der Waals surface area contributed by atoms with E-state index >= 15 is 0 Å². The van der Waals surface area contributed by atoms with Crippen LogP contribution in [0.15, 0.2) is 42.5 Å². The number of methoxy groups -OCH3 is 2. The summed E-state index contributed by atoms with van der Waals surface area (Å²) in [5, 5.41) is 14.4. The van der Waals surface area contributed by atoms with Crippen LogP contribution < -0.4 is 20.7 Å². The van der Waals surface area contributed by atoms with E-state index in [1.54, 1.807) is 18.9 Å². The van der Waals surface area contributed by atoms with Crippen LogP contribution in [0, 0.1) is 6.92 Å². The van der Waals surface area contributed by atoms with E-state index in [1.807, 2.05) is 56.4 Å². The molecule has 0 saturated carbocycles. The highest BCUT2D eigenvalue weighted by molar-refractivity contribution is 6.42. The number of nitrogens with zero attached hydrogens (tertiary/aromatic N) is 2. The zero-order valence-corrected chi connectivity index (χ0v) is 23.9. The lowest BCUT2D eigenvalue weighted by atomic mass is 10.1. The van der Waals surface area contributed by atoms with E-state index in [1.165, 1.54) is 5.56 Å². The molecule has 0 bridgehead atoms. The van der Waals surface area contributed by atoms with Gasteiger partial charge in [-0.1, -0.05) is 41.4 Å². The summed E-state index contributed by atoms with van der Waals surface area (Å²) < 4.78 is 16.8. The van der Waals surface area contributed by atoms with Crippen molar-refractivity contribution >= 4 is 41.1 Å². The average Bonchev–Trinajstić information content (AvgIpc) is 3.28. The highest BCUT2D eigenvalue weighted by Crippen LogP contribution is 2.30. The second kappa shape index (κ2) is 17.6. The Kier molecular flexibility index (Phi) is 14.6. The Morgan fingerprint density at radius 1 is 1.13 bits per heavy atom. The molecule has 1 aliphatic heterocycles. The van der Waals surface area contributed by atoms with Gasteiger partial charge < -0.3 is 30.2 Å². The van der Waals surface area contributed by atoms with Gasteiger partial charge in [-0.15, -0.1) is 5.10 Å². The number of rotatable bonds is 9. The quantitative estimate of drug-likeness (QED) is 0.248. The van der Waals surface area contributed by atoms with Crippen molar-refractivity contribution in [1.29, 1.82) is 0 Å². The van der Waals surface area contributed by atoms with E-state index in [0.717, 1.165) is 62.7 Å². The van der Waals surface area contributed by atoms with Gasteiger partial charge in [-0.2, -0.15) is 0 Å². The number of benzene rings is 2. The Bertz CT molecular complexity index is 1100. The molecular formula is C27H37Cl2N5O4. The van der Waals surface area contributed by atoms with E-state index < -0.39 is 0 Å². The molecule has 1 aliphatic rings. The van der Waals surface area contributed by atoms with Gasteiger partial charge in [-0.3, -0.25) is 4.79 Å². The minimum atomic E-state index is 0.498. The molecule has 1 saturated heterocycles. The van der Waals surface area contributed by atoms with Crippen molar-refractivity contribution in [1.82, 2.24) is 15.1 Å². The van der Waals surface area contributed by atoms with Crippen LogP contribution in [0.4, 0.5) is 11.5 Å². The molecule has 0 atom stereocenters. The van der Waals surface area contributed by atoms with E-state index in [9.17, 15) is 4.79 Å². The largest absolute Gasteiger partial charge is 0.480 e. The summed E-state index contributed by atoms with van der Waals surface area (Å²) in [4.78, 5) is 10.6. The number of morpholine rings is 1. The lowest BCUT2D eigenvalue weighted by Crippen LogP contribution is -2.30. The summed E-state index contributed by atoms with van der Waals surface area (Å²) in [5.41, 5.74) is 3.86. The molecule has 9 nitrogen and oxygen atoms in total. The summed E-state index contributed by atoms with van der Waals surface area (Å²) >= 11 is 11.9. The smallest absolute Gasteiger partial charge is 0.238 e. The molecule has 3 N–H and O–H groups in total. The number of hydrogen-bond acceptors (Lipinski definition) is 7. The van der Waals surface area contributed by atoms with Gasteiger partial charge in [0.25, 0.3) is 0 Å². The number of ether oxygens (including phenoxy) is 3. The maximum absolute atomic E-state index is 10.6. The second-order valence-electron chi connectivity index (χ2n) is 8.12. The Morgan fingerprint density at radius 2 is 1.82 bits per heavy atom. The standard InChI is InChI=1S/C12H13N3O2.C11H15Cl2NO.C4H9NO/c1-9-11(13-8-16)15(14-12(9)17-2)10-6-4-3-5-7-10;1-14-11-7-10(13)9(12)6-8(11)4-3-5-15-2;1-3-6-4-2-5-1/h3-8H,1-2H3,(H,13,16);6-7,14H,3-5H2,1-2H3;5H,1-4H2. The van der Waals surface area contributed by atoms with Crippen LogP contribution >= 0.6 is 23.2 Å². The van der Waals surface area contributed by atoms with Crippen molar-refractivity contribution in [3.8, 4) is 11.6 Å². The van der Waals surface area contributed by atoms with Crippen molar-refractivity contribution in [2.75, 3.05) is 64.8 Å². The normalized spacial score (nSPS) is 12.4. The zero-order chi connectivity index (χ0) is 27.8. The predicted octanol–water partition coefficient (Wildman–Crippen LogP) is 4.98. The van der Waals surface area contributed by atoms with Crippen molar-refractivity contribution in [2.24, 2.45) is 0 Å². The fraction of sp³-hybridized carbons (Fsp3) is 0.407. The summed E-state index contributed by atoms with van der Waals surface area (Å²) in [6.45, 7) is 6.43. The average molecular weight is 567 g/mol. The number of para-hydroxylation sites is 1. The fourth-order valence-electron chi connectivity index (χ4n) is 3.60. The zero-order valence-electron chi connectivity index (χ0n) is 22.4. The van der Waals surface area contributed by atoms with Gasteiger partial charge in [0.15, 0.2) is 0 Å². The van der Waals surface area contributed by atoms with Gasteiger partial charge in [-0.25, -0.2) is 4.68 Å². The molecule has 2 heterocycles. The van der Waals surface area contributed by atoms with E-state index in [4.69, 9.17) is 37.4 Å². The number of aryl methyl sites for hydroxylation is 1. The highest BCUT2D eigenvalue weighted by Gasteiger charge is 2.15. The van der Waals surface area contributed by atoms with Gasteiger partial charge in [0.1, 0.15) is 5.82 Å². The van der Waals surface area contributed by atoms with Crippen LogP contribution in [-0.2, 0) is 20.7 Å². The minimum Gasteiger partial charge on any atom is -0.480 e. The summed E-state index contributed by atoms with van der Waals surface area (Å²) in [6, 6.07) is 13.3. The first-order valence-electron chi connectivity index (χ1n) is 12.3. The number of carbonyl (C=O) groups is 1. The van der Waals surface area contributed by atoms with Crippen molar-refractivity contribution < 1.29 is 19.0 Å². The van der Waals surface area contributed by atoms with Crippen LogP contribution in [0.3, 0.4) is 0 Å². The topological polar surface area (TPSA) is 98.7 Å². The molecule has 0 aliphatic carbocycles. The van der Waals surface area contributed by atoms with Crippen LogP contribution in [0.25, 0.3) is 5.69 Å². The molecular weight excluding hydrogens is 529 g/mol. The molecule has 1 amide bonds. The molecule has 1 fully saturated rings. The maximum Gasteiger partial charge on any atom is 0.238 e. The van der Waals surface area contributed by atoms with Crippen LogP contribution in [0.2, 0.25) is 10.0 Å². The first-order valence-corrected chi connectivity index (χ1v) is 13.0. The molecule has 0 unspecified atom stereocenters. The van der Waals surface area contributed by atoms with E-state index in [-0.39, 0.29) is 0 Å².